The van der Waals surface area contributed by atoms with Gasteiger partial charge in [-0.25, -0.2) is 9.78 Å². The molecule has 0 saturated carbocycles. The minimum atomic E-state index is 0.0144. The van der Waals surface area contributed by atoms with Crippen LogP contribution in [0.1, 0.15) is 57.7 Å². The van der Waals surface area contributed by atoms with Gasteiger partial charge in [-0.3, -0.25) is 9.69 Å². The molecule has 1 unspecified atom stereocenters. The number of rotatable bonds is 12. The number of ether oxygens (including phenoxy) is 1. The first-order chi connectivity index (χ1) is 19.0. The van der Waals surface area contributed by atoms with Gasteiger partial charge >= 0.3 is 6.03 Å². The van der Waals surface area contributed by atoms with Gasteiger partial charge in [0.2, 0.25) is 5.91 Å². The van der Waals surface area contributed by atoms with Crippen molar-refractivity contribution in [1.29, 1.82) is 0 Å². The van der Waals surface area contributed by atoms with Crippen LogP contribution in [0.4, 0.5) is 4.79 Å². The van der Waals surface area contributed by atoms with Crippen LogP contribution in [0.25, 0.3) is 0 Å². The number of likely N-dealkylation sites (tertiary alicyclic amines) is 1. The fourth-order valence-electron chi connectivity index (χ4n) is 4.88. The third kappa shape index (κ3) is 10.3. The predicted octanol–water partition coefficient (Wildman–Crippen LogP) is 3.96. The number of nitrogens with zero attached hydrogens (tertiary/aromatic N) is 5. The van der Waals surface area contributed by atoms with E-state index in [1.807, 2.05) is 59.8 Å². The minimum absolute atomic E-state index is 0.0144. The standard InChI is InChI=1S/C27H44N6O3S.C2H6/c1-4-31(26(34)23-10-14-30(15-11-23)20-24-21-37-25(19-28)29-24)16-9-22(2)33-13-8-6-5-7-12-32(27(33)35)17-18-36-3;1-2/h5-8,21-23H,4,9-20,28H2,1-3H3;1-2H3/b7-5-,8-6-;. The lowest BCUT2D eigenvalue weighted by molar-refractivity contribution is -0.137. The molecule has 1 saturated heterocycles. The van der Waals surface area contributed by atoms with E-state index in [0.29, 0.717) is 45.9 Å². The maximum absolute atomic E-state index is 13.4. The van der Waals surface area contributed by atoms with Gasteiger partial charge < -0.3 is 25.2 Å². The average molecular weight is 563 g/mol. The van der Waals surface area contributed by atoms with Crippen molar-refractivity contribution in [2.24, 2.45) is 11.7 Å². The average Bonchev–Trinajstić information content (AvgIpc) is 3.45. The molecule has 3 amide bonds. The van der Waals surface area contributed by atoms with Gasteiger partial charge in [0.1, 0.15) is 5.01 Å². The van der Waals surface area contributed by atoms with Crippen LogP contribution in [0.5, 0.6) is 0 Å². The summed E-state index contributed by atoms with van der Waals surface area (Å²) in [7, 11) is 1.65. The summed E-state index contributed by atoms with van der Waals surface area (Å²) in [5.74, 6) is 0.307. The van der Waals surface area contributed by atoms with Crippen molar-refractivity contribution in [3.05, 3.63) is 40.4 Å². The second kappa shape index (κ2) is 18.1. The summed E-state index contributed by atoms with van der Waals surface area (Å²) in [5.41, 5.74) is 6.76. The highest BCUT2D eigenvalue weighted by molar-refractivity contribution is 7.09. The minimum Gasteiger partial charge on any atom is -0.383 e. The summed E-state index contributed by atoms with van der Waals surface area (Å²) in [6.45, 7) is 14.7. The molecular weight excluding hydrogens is 512 g/mol. The number of amides is 3. The molecule has 2 aliphatic heterocycles. The van der Waals surface area contributed by atoms with E-state index in [2.05, 4.69) is 22.2 Å². The first-order valence-electron chi connectivity index (χ1n) is 14.5. The number of nitrogens with two attached hydrogens (primary N) is 1. The third-order valence-corrected chi connectivity index (χ3v) is 8.15. The molecule has 39 heavy (non-hydrogen) atoms. The Morgan fingerprint density at radius 2 is 1.92 bits per heavy atom. The molecule has 1 atom stereocenters. The van der Waals surface area contributed by atoms with E-state index in [4.69, 9.17) is 10.5 Å². The van der Waals surface area contributed by atoms with Crippen molar-refractivity contribution < 1.29 is 14.3 Å². The zero-order valence-corrected chi connectivity index (χ0v) is 25.5. The van der Waals surface area contributed by atoms with Crippen LogP contribution in [-0.2, 0) is 22.6 Å². The Kier molecular flexibility index (Phi) is 15.3. The number of carbonyl (C=O) groups is 2. The van der Waals surface area contributed by atoms with E-state index >= 15 is 0 Å². The first kappa shape index (κ1) is 32.9. The maximum atomic E-state index is 13.4. The second-order valence-electron chi connectivity index (χ2n) is 9.77. The smallest absolute Gasteiger partial charge is 0.320 e. The molecular formula is C29H50N6O3S. The van der Waals surface area contributed by atoms with Crippen LogP contribution < -0.4 is 5.73 Å². The molecule has 3 heterocycles. The van der Waals surface area contributed by atoms with Crippen LogP contribution in [0.3, 0.4) is 0 Å². The van der Waals surface area contributed by atoms with E-state index < -0.39 is 0 Å². The Morgan fingerprint density at radius 1 is 1.23 bits per heavy atom. The highest BCUT2D eigenvalue weighted by Gasteiger charge is 2.30. The lowest BCUT2D eigenvalue weighted by Gasteiger charge is -2.36. The SMILES string of the molecule is CC.CCN(CCC(C)N1C/C=C\C=C/CN(CCOC)C1=O)C(=O)C1CCN(Cc2csc(CN)n2)CC1. The third-order valence-electron chi connectivity index (χ3n) is 7.23. The van der Waals surface area contributed by atoms with Crippen molar-refractivity contribution >= 4 is 23.3 Å². The molecule has 0 radical (unpaired) electrons. The molecule has 1 fully saturated rings. The fourth-order valence-corrected chi connectivity index (χ4v) is 5.54. The lowest BCUT2D eigenvalue weighted by Crippen LogP contribution is -2.49. The molecule has 2 aliphatic rings. The summed E-state index contributed by atoms with van der Waals surface area (Å²) < 4.78 is 5.20. The summed E-state index contributed by atoms with van der Waals surface area (Å²) in [4.78, 5) is 39.3. The van der Waals surface area contributed by atoms with Gasteiger partial charge in [-0.15, -0.1) is 11.3 Å². The monoisotopic (exact) mass is 562 g/mol. The highest BCUT2D eigenvalue weighted by Crippen LogP contribution is 2.22. The Balaban J connectivity index is 0.00000260. The Hall–Kier alpha value is -2.27. The number of methoxy groups -OCH3 is 1. The molecule has 9 nitrogen and oxygen atoms in total. The molecule has 0 aliphatic carbocycles. The number of aromatic nitrogens is 1. The van der Waals surface area contributed by atoms with Crippen molar-refractivity contribution in [2.45, 2.75) is 66.1 Å². The zero-order chi connectivity index (χ0) is 28.6. The lowest BCUT2D eigenvalue weighted by atomic mass is 9.95. The van der Waals surface area contributed by atoms with Crippen LogP contribution in [-0.4, -0.2) is 102 Å². The van der Waals surface area contributed by atoms with Gasteiger partial charge in [0.25, 0.3) is 0 Å². The summed E-state index contributed by atoms with van der Waals surface area (Å²) >= 11 is 1.61. The van der Waals surface area contributed by atoms with Crippen LogP contribution in [0.15, 0.2) is 29.7 Å². The van der Waals surface area contributed by atoms with Gasteiger partial charge in [0.05, 0.1) is 12.3 Å². The molecule has 0 aromatic carbocycles. The normalized spacial score (nSPS) is 19.4. The van der Waals surface area contributed by atoms with Gasteiger partial charge in [-0.05, 0) is 46.2 Å². The zero-order valence-electron chi connectivity index (χ0n) is 24.7. The Labute approximate surface area is 239 Å². The number of allylic oxidation sites excluding steroid dienone is 2. The predicted molar refractivity (Wildman–Crippen MR) is 160 cm³/mol. The topological polar surface area (TPSA) is 95.2 Å². The quantitative estimate of drug-likeness (QED) is 0.414. The molecule has 1 aromatic rings. The Morgan fingerprint density at radius 3 is 2.54 bits per heavy atom. The number of hydrogen-bond acceptors (Lipinski definition) is 7. The summed E-state index contributed by atoms with van der Waals surface area (Å²) in [6.07, 6.45) is 10.5. The maximum Gasteiger partial charge on any atom is 0.320 e. The fraction of sp³-hybridized carbons (Fsp3) is 0.690. The van der Waals surface area contributed by atoms with E-state index in [0.717, 1.165) is 49.6 Å². The molecule has 0 spiro atoms. The van der Waals surface area contributed by atoms with Gasteiger partial charge in [-0.2, -0.15) is 0 Å². The molecule has 3 rings (SSSR count). The van der Waals surface area contributed by atoms with E-state index in [1.54, 1.807) is 18.4 Å². The van der Waals surface area contributed by atoms with E-state index in [1.165, 1.54) is 0 Å². The number of hydrogen-bond donors (Lipinski definition) is 1. The van der Waals surface area contributed by atoms with E-state index in [9.17, 15) is 9.59 Å². The van der Waals surface area contributed by atoms with Crippen LogP contribution in [0.2, 0.25) is 0 Å². The summed E-state index contributed by atoms with van der Waals surface area (Å²) in [5, 5.41) is 3.05. The number of piperidine rings is 1. The number of thiazole rings is 1. The molecule has 220 valence electrons. The van der Waals surface area contributed by atoms with Crippen molar-refractivity contribution in [1.82, 2.24) is 24.6 Å². The van der Waals surface area contributed by atoms with Crippen LogP contribution in [0, 0.1) is 5.92 Å². The molecule has 10 heteroatoms. The number of carbonyl (C=O) groups excluding carboxylic acids is 2. The molecule has 0 bridgehead atoms. The molecule has 2 N–H and O–H groups in total. The van der Waals surface area contributed by atoms with Crippen molar-refractivity contribution in [2.75, 3.05) is 59.5 Å². The van der Waals surface area contributed by atoms with Gasteiger partial charge in [-0.1, -0.05) is 38.2 Å². The van der Waals surface area contributed by atoms with Crippen LogP contribution >= 0.6 is 11.3 Å². The van der Waals surface area contributed by atoms with Gasteiger partial charge in [0.15, 0.2) is 0 Å². The first-order valence-corrected chi connectivity index (χ1v) is 15.3. The largest absolute Gasteiger partial charge is 0.383 e. The molecule has 1 aromatic heterocycles. The van der Waals surface area contributed by atoms with Crippen molar-refractivity contribution in [3.63, 3.8) is 0 Å². The van der Waals surface area contributed by atoms with E-state index in [-0.39, 0.29) is 23.9 Å². The number of urea groups is 1. The highest BCUT2D eigenvalue weighted by atomic mass is 32.1. The Bertz CT molecular complexity index is 913. The van der Waals surface area contributed by atoms with Crippen molar-refractivity contribution in [3.8, 4) is 0 Å². The van der Waals surface area contributed by atoms with Gasteiger partial charge in [0, 0.05) is 70.3 Å². The summed E-state index contributed by atoms with van der Waals surface area (Å²) in [6, 6.07) is 0.0294. The second-order valence-corrected chi connectivity index (χ2v) is 10.7.